The third-order valence-electron chi connectivity index (χ3n) is 2.11. The second kappa shape index (κ2) is 4.12. The number of pyridine rings is 1. The Morgan fingerprint density at radius 2 is 1.93 bits per heavy atom. The van der Waals surface area contributed by atoms with E-state index in [1.54, 1.807) is 24.5 Å². The maximum atomic E-state index is 8.96. The highest BCUT2D eigenvalue weighted by atomic mass is 35.5. The van der Waals surface area contributed by atoms with Crippen LogP contribution in [-0.2, 0) is 0 Å². The number of nitriles is 1. The van der Waals surface area contributed by atoms with Crippen molar-refractivity contribution in [1.82, 2.24) is 4.98 Å². The molecule has 15 heavy (non-hydrogen) atoms. The van der Waals surface area contributed by atoms with E-state index in [9.17, 15) is 0 Å². The van der Waals surface area contributed by atoms with Crippen LogP contribution in [0.1, 0.15) is 5.56 Å². The van der Waals surface area contributed by atoms with Crippen molar-refractivity contribution in [3.63, 3.8) is 0 Å². The summed E-state index contributed by atoms with van der Waals surface area (Å²) in [6.45, 7) is 0. The number of rotatable bonds is 1. The van der Waals surface area contributed by atoms with Crippen LogP contribution in [0, 0.1) is 11.3 Å². The molecular weight excluding hydrogens is 208 g/mol. The number of nitrogens with zero attached hydrogens (tertiary/aromatic N) is 2. The Morgan fingerprint density at radius 3 is 2.67 bits per heavy atom. The average Bonchev–Trinajstić information content (AvgIpc) is 2.30. The van der Waals surface area contributed by atoms with Gasteiger partial charge in [0.1, 0.15) is 0 Å². The van der Waals surface area contributed by atoms with Crippen molar-refractivity contribution in [2.45, 2.75) is 0 Å². The molecule has 0 saturated carbocycles. The minimum atomic E-state index is 0.604. The molecule has 0 aliphatic rings. The molecule has 2 rings (SSSR count). The van der Waals surface area contributed by atoms with Crippen molar-refractivity contribution in [3.05, 3.63) is 53.3 Å². The number of hydrogen-bond donors (Lipinski definition) is 0. The number of benzene rings is 1. The molecule has 0 bridgehead atoms. The molecule has 0 amide bonds. The van der Waals surface area contributed by atoms with Gasteiger partial charge in [-0.25, -0.2) is 0 Å². The second-order valence-electron chi connectivity index (χ2n) is 3.01. The van der Waals surface area contributed by atoms with Crippen LogP contribution in [-0.4, -0.2) is 4.98 Å². The van der Waals surface area contributed by atoms with Gasteiger partial charge in [-0.15, -0.1) is 0 Å². The van der Waals surface area contributed by atoms with Crippen LogP contribution in [0.15, 0.2) is 42.7 Å². The summed E-state index contributed by atoms with van der Waals surface area (Å²) >= 11 is 6.04. The van der Waals surface area contributed by atoms with Gasteiger partial charge in [0.05, 0.1) is 16.7 Å². The molecule has 0 fully saturated rings. The van der Waals surface area contributed by atoms with E-state index in [2.05, 4.69) is 11.1 Å². The van der Waals surface area contributed by atoms with Gasteiger partial charge >= 0.3 is 0 Å². The zero-order valence-corrected chi connectivity index (χ0v) is 8.57. The van der Waals surface area contributed by atoms with Crippen LogP contribution in [0.5, 0.6) is 0 Å². The van der Waals surface area contributed by atoms with Gasteiger partial charge in [-0.05, 0) is 12.1 Å². The van der Waals surface area contributed by atoms with Gasteiger partial charge in [0.25, 0.3) is 0 Å². The maximum absolute atomic E-state index is 8.96. The molecule has 0 saturated heterocycles. The predicted molar refractivity (Wildman–Crippen MR) is 59.4 cm³/mol. The largest absolute Gasteiger partial charge is 0.264 e. The Labute approximate surface area is 92.8 Å². The van der Waals surface area contributed by atoms with E-state index in [0.717, 1.165) is 11.1 Å². The summed E-state index contributed by atoms with van der Waals surface area (Å²) in [6, 6.07) is 11.2. The third kappa shape index (κ3) is 1.83. The van der Waals surface area contributed by atoms with E-state index in [1.165, 1.54) is 0 Å². The minimum absolute atomic E-state index is 0.604. The van der Waals surface area contributed by atoms with Crippen molar-refractivity contribution >= 4 is 11.6 Å². The van der Waals surface area contributed by atoms with Gasteiger partial charge in [0.15, 0.2) is 0 Å². The molecular formula is C12H7ClN2. The van der Waals surface area contributed by atoms with Gasteiger partial charge in [0.2, 0.25) is 0 Å². The monoisotopic (exact) mass is 214 g/mol. The zero-order chi connectivity index (χ0) is 10.7. The van der Waals surface area contributed by atoms with Crippen molar-refractivity contribution in [2.24, 2.45) is 0 Å². The normalized spacial score (nSPS) is 9.60. The third-order valence-corrected chi connectivity index (χ3v) is 2.44. The molecule has 1 heterocycles. The van der Waals surface area contributed by atoms with Crippen molar-refractivity contribution in [2.75, 3.05) is 0 Å². The molecule has 0 unspecified atom stereocenters. The summed E-state index contributed by atoms with van der Waals surface area (Å²) < 4.78 is 0. The molecule has 2 nitrogen and oxygen atoms in total. The molecule has 0 spiro atoms. The molecule has 0 N–H and O–H groups in total. The standard InChI is InChI=1S/C12H7ClN2/c13-12-5-6-15-8-11(12)10-4-2-1-3-9(10)7-14/h1-6,8H. The van der Waals surface area contributed by atoms with E-state index in [1.807, 2.05) is 18.2 Å². The van der Waals surface area contributed by atoms with E-state index in [-0.39, 0.29) is 0 Å². The number of hydrogen-bond acceptors (Lipinski definition) is 2. The lowest BCUT2D eigenvalue weighted by Gasteiger charge is -2.04. The molecule has 0 aliphatic carbocycles. The summed E-state index contributed by atoms with van der Waals surface area (Å²) in [4.78, 5) is 4.00. The van der Waals surface area contributed by atoms with Gasteiger partial charge in [-0.3, -0.25) is 4.98 Å². The Kier molecular flexibility index (Phi) is 2.66. The van der Waals surface area contributed by atoms with Crippen LogP contribution >= 0.6 is 11.6 Å². The van der Waals surface area contributed by atoms with E-state index in [0.29, 0.717) is 10.6 Å². The lowest BCUT2D eigenvalue weighted by Crippen LogP contribution is -1.85. The highest BCUT2D eigenvalue weighted by Crippen LogP contribution is 2.28. The highest BCUT2D eigenvalue weighted by molar-refractivity contribution is 6.33. The molecule has 0 atom stereocenters. The first-order valence-corrected chi connectivity index (χ1v) is 4.79. The first kappa shape index (κ1) is 9.70. The molecule has 3 heteroatoms. The fourth-order valence-electron chi connectivity index (χ4n) is 1.39. The molecule has 1 aromatic heterocycles. The topological polar surface area (TPSA) is 36.7 Å². The van der Waals surface area contributed by atoms with E-state index in [4.69, 9.17) is 16.9 Å². The van der Waals surface area contributed by atoms with Crippen LogP contribution in [0.25, 0.3) is 11.1 Å². The quantitative estimate of drug-likeness (QED) is 0.731. The van der Waals surface area contributed by atoms with Crippen molar-refractivity contribution in [3.8, 4) is 17.2 Å². The highest BCUT2D eigenvalue weighted by Gasteiger charge is 2.07. The summed E-state index contributed by atoms with van der Waals surface area (Å²) in [5.41, 5.74) is 2.21. The first-order chi connectivity index (χ1) is 7.33. The van der Waals surface area contributed by atoms with Gasteiger partial charge in [0, 0.05) is 23.5 Å². The van der Waals surface area contributed by atoms with Crippen LogP contribution < -0.4 is 0 Å². The van der Waals surface area contributed by atoms with E-state index >= 15 is 0 Å². The van der Waals surface area contributed by atoms with Crippen molar-refractivity contribution in [1.29, 1.82) is 5.26 Å². The van der Waals surface area contributed by atoms with Crippen LogP contribution in [0.3, 0.4) is 0 Å². The molecule has 0 aliphatic heterocycles. The van der Waals surface area contributed by atoms with Gasteiger partial charge in [-0.1, -0.05) is 29.8 Å². The zero-order valence-electron chi connectivity index (χ0n) is 7.81. The minimum Gasteiger partial charge on any atom is -0.264 e. The molecule has 72 valence electrons. The Hall–Kier alpha value is -1.85. The SMILES string of the molecule is N#Cc1ccccc1-c1cnccc1Cl. The fourth-order valence-corrected chi connectivity index (χ4v) is 1.60. The maximum Gasteiger partial charge on any atom is 0.0998 e. The first-order valence-electron chi connectivity index (χ1n) is 4.42. The van der Waals surface area contributed by atoms with Crippen LogP contribution in [0.4, 0.5) is 0 Å². The smallest absolute Gasteiger partial charge is 0.0998 e. The Morgan fingerprint density at radius 1 is 1.13 bits per heavy atom. The summed E-state index contributed by atoms with van der Waals surface area (Å²) in [7, 11) is 0. The molecule has 0 radical (unpaired) electrons. The van der Waals surface area contributed by atoms with Crippen molar-refractivity contribution < 1.29 is 0 Å². The average molecular weight is 215 g/mol. The van der Waals surface area contributed by atoms with E-state index < -0.39 is 0 Å². The molecule has 1 aromatic carbocycles. The lowest BCUT2D eigenvalue weighted by atomic mass is 10.0. The summed E-state index contributed by atoms with van der Waals surface area (Å²) in [5.74, 6) is 0. The lowest BCUT2D eigenvalue weighted by molar-refractivity contribution is 1.33. The molecule has 2 aromatic rings. The second-order valence-corrected chi connectivity index (χ2v) is 3.42. The predicted octanol–water partition coefficient (Wildman–Crippen LogP) is 3.27. The van der Waals surface area contributed by atoms with Gasteiger partial charge < -0.3 is 0 Å². The van der Waals surface area contributed by atoms with Crippen LogP contribution in [0.2, 0.25) is 5.02 Å². The van der Waals surface area contributed by atoms with Gasteiger partial charge in [-0.2, -0.15) is 5.26 Å². The Bertz CT molecular complexity index is 529. The fraction of sp³-hybridized carbons (Fsp3) is 0. The summed E-state index contributed by atoms with van der Waals surface area (Å²) in [5, 5.41) is 9.56. The number of halogens is 1. The number of aromatic nitrogens is 1. The Balaban J connectivity index is 2.65. The summed E-state index contributed by atoms with van der Waals surface area (Å²) in [6.07, 6.45) is 3.29.